The Labute approximate surface area is 146 Å². The van der Waals surface area contributed by atoms with E-state index in [1.807, 2.05) is 0 Å². The third-order valence-electron chi connectivity index (χ3n) is 3.49. The molecule has 9 nitrogen and oxygen atoms in total. The molecule has 0 aromatic carbocycles. The van der Waals surface area contributed by atoms with Crippen molar-refractivity contribution in [2.24, 2.45) is 4.99 Å². The highest BCUT2D eigenvalue weighted by Crippen LogP contribution is 2.34. The second-order valence-electron chi connectivity index (χ2n) is 5.08. The van der Waals surface area contributed by atoms with Crippen molar-refractivity contribution < 1.29 is 39.6 Å². The van der Waals surface area contributed by atoms with Crippen molar-refractivity contribution in [1.29, 1.82) is 0 Å². The van der Waals surface area contributed by atoms with Crippen molar-refractivity contribution in [2.45, 2.75) is 49.6 Å². The first kappa shape index (κ1) is 22.6. The van der Waals surface area contributed by atoms with Crippen LogP contribution in [0.25, 0.3) is 0 Å². The van der Waals surface area contributed by atoms with Crippen LogP contribution in [0, 0.1) is 0 Å². The molecule has 1 unspecified atom stereocenters. The van der Waals surface area contributed by atoms with Gasteiger partial charge in [-0.15, -0.1) is 11.6 Å². The van der Waals surface area contributed by atoms with Gasteiger partial charge in [-0.05, 0) is 33.0 Å². The van der Waals surface area contributed by atoms with Crippen molar-refractivity contribution >= 4 is 52.2 Å². The summed E-state index contributed by atoms with van der Waals surface area (Å²) in [6.07, 6.45) is -4.81. The number of aliphatic hydroxyl groups excluding tert-OH is 2. The Morgan fingerprint density at radius 2 is 1.54 bits per heavy atom. The molecule has 0 aromatic rings. The number of rotatable bonds is 8. The number of thiocarbonyl (C=S) groups is 1. The number of halogens is 1. The number of isothiocyanates is 1. The number of aliphatic imine (C=N–C) groups is 1. The van der Waals surface area contributed by atoms with Gasteiger partial charge in [0.1, 0.15) is 17.6 Å². The van der Waals surface area contributed by atoms with Gasteiger partial charge in [-0.1, -0.05) is 0 Å². The lowest BCUT2D eigenvalue weighted by Crippen LogP contribution is -2.69. The molecule has 0 heterocycles. The molecule has 1 amide bonds. The van der Waals surface area contributed by atoms with Crippen LogP contribution in [0.5, 0.6) is 0 Å². The first-order chi connectivity index (χ1) is 10.8. The van der Waals surface area contributed by atoms with Gasteiger partial charge in [0.2, 0.25) is 5.60 Å². The van der Waals surface area contributed by atoms with Crippen molar-refractivity contribution in [3.63, 3.8) is 0 Å². The smallest absolute Gasteiger partial charge is 0.295 e. The molecule has 0 fully saturated rings. The first-order valence-corrected chi connectivity index (χ1v) is 7.23. The Bertz CT molecular complexity index is 619. The Morgan fingerprint density at radius 1 is 1.08 bits per heavy atom. The fourth-order valence-corrected chi connectivity index (χ4v) is 2.49. The van der Waals surface area contributed by atoms with Gasteiger partial charge in [-0.2, -0.15) is 4.99 Å². The maximum atomic E-state index is 11.9. The molecule has 0 saturated heterocycles. The third-order valence-corrected chi connectivity index (χ3v) is 4.23. The SMILES string of the molecule is CC(=O)C(O)[C@@H](O)[C@](O)(C(C)=O)[C@H](Cl)[C@](O)(C(C)=O)C(=O)N=C=S. The number of carbonyl (C=O) groups excluding carboxylic acids is 4. The molecule has 0 radical (unpaired) electrons. The van der Waals surface area contributed by atoms with E-state index < -0.39 is 52.0 Å². The van der Waals surface area contributed by atoms with Crippen molar-refractivity contribution in [2.75, 3.05) is 0 Å². The fraction of sp³-hybridized carbons (Fsp3) is 0.615. The van der Waals surface area contributed by atoms with Crippen LogP contribution in [0.15, 0.2) is 4.99 Å². The van der Waals surface area contributed by atoms with Crippen molar-refractivity contribution in [1.82, 2.24) is 0 Å². The van der Waals surface area contributed by atoms with Gasteiger partial charge in [-0.3, -0.25) is 19.2 Å². The molecule has 0 spiro atoms. The zero-order valence-corrected chi connectivity index (χ0v) is 14.5. The van der Waals surface area contributed by atoms with E-state index in [1.165, 1.54) is 0 Å². The highest BCUT2D eigenvalue weighted by molar-refractivity contribution is 7.78. The molecule has 0 saturated carbocycles. The minimum Gasteiger partial charge on any atom is -0.386 e. The van der Waals surface area contributed by atoms with Crippen molar-refractivity contribution in [3.05, 3.63) is 0 Å². The van der Waals surface area contributed by atoms with Gasteiger partial charge >= 0.3 is 0 Å². The number of ketones is 3. The predicted octanol–water partition coefficient (Wildman–Crippen LogP) is -1.83. The molecule has 0 rings (SSSR count). The fourth-order valence-electron chi connectivity index (χ4n) is 1.88. The summed E-state index contributed by atoms with van der Waals surface area (Å²) in [5.74, 6) is -5.34. The summed E-state index contributed by atoms with van der Waals surface area (Å²) in [4.78, 5) is 49.4. The molecule has 0 bridgehead atoms. The Hall–Kier alpha value is -1.39. The van der Waals surface area contributed by atoms with E-state index in [2.05, 4.69) is 17.2 Å². The molecular weight excluding hydrogens is 366 g/mol. The van der Waals surface area contributed by atoms with Crippen LogP contribution in [-0.4, -0.2) is 77.6 Å². The molecule has 0 aliphatic heterocycles. The van der Waals surface area contributed by atoms with Crippen molar-refractivity contribution in [3.8, 4) is 0 Å². The maximum Gasteiger partial charge on any atom is 0.295 e. The van der Waals surface area contributed by atoms with E-state index in [0.717, 1.165) is 6.92 Å². The topological polar surface area (TPSA) is 162 Å². The van der Waals surface area contributed by atoms with E-state index >= 15 is 0 Å². The number of alkyl halides is 1. The zero-order valence-electron chi connectivity index (χ0n) is 12.9. The largest absolute Gasteiger partial charge is 0.386 e. The number of aliphatic hydroxyl groups is 4. The highest BCUT2D eigenvalue weighted by atomic mass is 35.5. The predicted molar refractivity (Wildman–Crippen MR) is 83.6 cm³/mol. The second kappa shape index (κ2) is 8.13. The van der Waals surface area contributed by atoms with Crippen LogP contribution in [0.4, 0.5) is 0 Å². The van der Waals surface area contributed by atoms with E-state index in [0.29, 0.717) is 13.8 Å². The lowest BCUT2D eigenvalue weighted by Gasteiger charge is -2.41. The minimum absolute atomic E-state index is 0.707. The molecule has 0 aliphatic carbocycles. The normalized spacial score (nSPS) is 19.7. The van der Waals surface area contributed by atoms with E-state index in [-0.39, 0.29) is 0 Å². The number of Topliss-reactive ketones (excluding diaryl/α,β-unsaturated/α-hetero) is 3. The summed E-state index contributed by atoms with van der Waals surface area (Å²) in [5, 5.41) is 39.4. The number of amides is 1. The van der Waals surface area contributed by atoms with Gasteiger partial charge in [-0.25, -0.2) is 0 Å². The number of carbonyl (C=O) groups is 4. The molecule has 5 atom stereocenters. The van der Waals surface area contributed by atoms with Crippen LogP contribution in [0.3, 0.4) is 0 Å². The highest BCUT2D eigenvalue weighted by Gasteiger charge is 2.62. The first-order valence-electron chi connectivity index (χ1n) is 6.39. The number of hydrogen-bond acceptors (Lipinski definition) is 9. The summed E-state index contributed by atoms with van der Waals surface area (Å²) in [5.41, 5.74) is -6.51. The molecule has 11 heteroatoms. The standard InChI is InChI=1S/C13H16ClNO8S/c1-5(16)8(19)9(20)12(22,6(2)17)10(14)13(23,7(3)18)11(21)15-4-24/h8-10,19-20,22-23H,1-3H3/t8?,9-,10+,12-,13-/m1/s1. The molecule has 4 N–H and O–H groups in total. The molecule has 24 heavy (non-hydrogen) atoms. The van der Waals surface area contributed by atoms with Crippen LogP contribution in [0.1, 0.15) is 20.8 Å². The Kier molecular flexibility index (Phi) is 7.66. The second-order valence-corrected chi connectivity index (χ2v) is 5.69. The average molecular weight is 382 g/mol. The lowest BCUT2D eigenvalue weighted by molar-refractivity contribution is -0.179. The number of hydrogen-bond donors (Lipinski definition) is 4. The van der Waals surface area contributed by atoms with Gasteiger partial charge in [0, 0.05) is 0 Å². The molecular formula is C13H16ClNO8S. The zero-order chi connectivity index (χ0) is 19.5. The van der Waals surface area contributed by atoms with E-state index in [9.17, 15) is 39.6 Å². The van der Waals surface area contributed by atoms with E-state index in [1.54, 1.807) is 5.16 Å². The van der Waals surface area contributed by atoms with Crippen LogP contribution < -0.4 is 0 Å². The summed E-state index contributed by atoms with van der Waals surface area (Å²) in [7, 11) is 0. The third kappa shape index (κ3) is 3.81. The van der Waals surface area contributed by atoms with Gasteiger partial charge < -0.3 is 20.4 Å². The maximum absolute atomic E-state index is 11.9. The van der Waals surface area contributed by atoms with E-state index in [4.69, 9.17) is 11.6 Å². The Balaban J connectivity index is 6.37. The summed E-state index contributed by atoms with van der Waals surface area (Å²) >= 11 is 9.97. The number of nitrogens with zero attached hydrogens (tertiary/aromatic N) is 1. The average Bonchev–Trinajstić information content (AvgIpc) is 2.50. The summed E-state index contributed by atoms with van der Waals surface area (Å²) in [6, 6.07) is 0. The summed E-state index contributed by atoms with van der Waals surface area (Å²) < 4.78 is 0. The van der Waals surface area contributed by atoms with Crippen LogP contribution >= 0.6 is 23.8 Å². The molecule has 0 aliphatic rings. The molecule has 0 aromatic heterocycles. The lowest BCUT2D eigenvalue weighted by atomic mass is 9.76. The Morgan fingerprint density at radius 3 is 1.83 bits per heavy atom. The molecule has 134 valence electrons. The van der Waals surface area contributed by atoms with Gasteiger partial charge in [0.05, 0.1) is 5.16 Å². The van der Waals surface area contributed by atoms with Gasteiger partial charge in [0.15, 0.2) is 23.0 Å². The quantitative estimate of drug-likeness (QED) is 0.164. The van der Waals surface area contributed by atoms with Crippen LogP contribution in [0.2, 0.25) is 0 Å². The minimum atomic E-state index is -3.27. The van der Waals surface area contributed by atoms with Crippen LogP contribution in [-0.2, 0) is 19.2 Å². The summed E-state index contributed by atoms with van der Waals surface area (Å²) in [6.45, 7) is 2.26. The monoisotopic (exact) mass is 381 g/mol. The van der Waals surface area contributed by atoms with Gasteiger partial charge in [0.25, 0.3) is 5.91 Å².